The molecule has 0 N–H and O–H groups in total. The van der Waals surface area contributed by atoms with Crippen molar-refractivity contribution in [1.82, 2.24) is 0 Å². The van der Waals surface area contributed by atoms with E-state index in [1.165, 1.54) is 0 Å². The summed E-state index contributed by atoms with van der Waals surface area (Å²) in [6, 6.07) is 0. The first-order chi connectivity index (χ1) is 8.76. The van der Waals surface area contributed by atoms with Gasteiger partial charge in [-0.3, -0.25) is 0 Å². The third kappa shape index (κ3) is 4.46. The SMILES string of the molecule is CCOC1OC(OCC)C(OCC)OC1OCC. The van der Waals surface area contributed by atoms with Crippen molar-refractivity contribution >= 4 is 0 Å². The van der Waals surface area contributed by atoms with Crippen LogP contribution in [0.25, 0.3) is 0 Å². The molecule has 0 amide bonds. The van der Waals surface area contributed by atoms with Crippen molar-refractivity contribution in [2.45, 2.75) is 52.9 Å². The average Bonchev–Trinajstić information content (AvgIpc) is 2.35. The molecule has 4 atom stereocenters. The molecule has 0 aromatic rings. The van der Waals surface area contributed by atoms with Crippen molar-refractivity contribution in [2.24, 2.45) is 0 Å². The largest absolute Gasteiger partial charge is 0.348 e. The van der Waals surface area contributed by atoms with E-state index < -0.39 is 25.2 Å². The van der Waals surface area contributed by atoms with Gasteiger partial charge in [0.05, 0.1) is 0 Å². The molecule has 1 saturated heterocycles. The van der Waals surface area contributed by atoms with Gasteiger partial charge in [0, 0.05) is 26.4 Å². The maximum Gasteiger partial charge on any atom is 0.212 e. The van der Waals surface area contributed by atoms with Crippen LogP contribution in [-0.4, -0.2) is 51.6 Å². The lowest BCUT2D eigenvalue weighted by molar-refractivity contribution is -0.436. The first kappa shape index (κ1) is 15.8. The predicted molar refractivity (Wildman–Crippen MR) is 63.8 cm³/mol. The Labute approximate surface area is 108 Å². The number of hydrogen-bond acceptors (Lipinski definition) is 6. The molecule has 1 heterocycles. The smallest absolute Gasteiger partial charge is 0.212 e. The van der Waals surface area contributed by atoms with Gasteiger partial charge < -0.3 is 28.4 Å². The summed E-state index contributed by atoms with van der Waals surface area (Å²) in [6.07, 6.45) is -2.38. The third-order valence-electron chi connectivity index (χ3n) is 2.30. The summed E-state index contributed by atoms with van der Waals surface area (Å²) < 4.78 is 33.1. The zero-order valence-corrected chi connectivity index (χ0v) is 11.6. The number of ether oxygens (including phenoxy) is 6. The van der Waals surface area contributed by atoms with Crippen LogP contribution >= 0.6 is 0 Å². The normalized spacial score (nSPS) is 32.7. The van der Waals surface area contributed by atoms with E-state index in [9.17, 15) is 0 Å². The van der Waals surface area contributed by atoms with Gasteiger partial charge in [0.25, 0.3) is 0 Å². The molecular weight excluding hydrogens is 240 g/mol. The van der Waals surface area contributed by atoms with Crippen LogP contribution in [0.15, 0.2) is 0 Å². The molecule has 6 heteroatoms. The Morgan fingerprint density at radius 1 is 0.556 bits per heavy atom. The van der Waals surface area contributed by atoms with Crippen LogP contribution in [0.5, 0.6) is 0 Å². The van der Waals surface area contributed by atoms with Gasteiger partial charge in [-0.1, -0.05) is 0 Å². The summed E-state index contributed by atoms with van der Waals surface area (Å²) in [5.74, 6) is 0. The summed E-state index contributed by atoms with van der Waals surface area (Å²) in [5, 5.41) is 0. The first-order valence-corrected chi connectivity index (χ1v) is 6.54. The van der Waals surface area contributed by atoms with Crippen LogP contribution in [-0.2, 0) is 28.4 Å². The maximum absolute atomic E-state index is 5.68. The molecule has 1 fully saturated rings. The van der Waals surface area contributed by atoms with E-state index >= 15 is 0 Å². The molecule has 108 valence electrons. The molecule has 1 rings (SSSR count). The van der Waals surface area contributed by atoms with Gasteiger partial charge >= 0.3 is 0 Å². The molecule has 0 bridgehead atoms. The van der Waals surface area contributed by atoms with Crippen molar-refractivity contribution in [3.05, 3.63) is 0 Å². The molecule has 1 aliphatic rings. The highest BCUT2D eigenvalue weighted by atomic mass is 16.9. The average molecular weight is 264 g/mol. The van der Waals surface area contributed by atoms with Crippen molar-refractivity contribution < 1.29 is 28.4 Å². The predicted octanol–water partition coefficient (Wildman–Crippen LogP) is 1.48. The summed E-state index contributed by atoms with van der Waals surface area (Å²) in [4.78, 5) is 0. The summed E-state index contributed by atoms with van der Waals surface area (Å²) in [7, 11) is 0. The lowest BCUT2D eigenvalue weighted by Gasteiger charge is -2.39. The highest BCUT2D eigenvalue weighted by molar-refractivity contribution is 4.65. The van der Waals surface area contributed by atoms with Crippen LogP contribution in [0.3, 0.4) is 0 Å². The molecule has 0 radical (unpaired) electrons. The number of hydrogen-bond donors (Lipinski definition) is 0. The summed E-state index contributed by atoms with van der Waals surface area (Å²) in [5.41, 5.74) is 0. The molecule has 0 aromatic heterocycles. The van der Waals surface area contributed by atoms with Crippen molar-refractivity contribution in [3.63, 3.8) is 0 Å². The second-order valence-electron chi connectivity index (χ2n) is 3.57. The molecule has 0 saturated carbocycles. The topological polar surface area (TPSA) is 55.4 Å². The maximum atomic E-state index is 5.68. The van der Waals surface area contributed by atoms with Gasteiger partial charge in [0.1, 0.15) is 0 Å². The van der Waals surface area contributed by atoms with E-state index in [1.807, 2.05) is 27.7 Å². The van der Waals surface area contributed by atoms with Gasteiger partial charge in [-0.05, 0) is 27.7 Å². The second-order valence-corrected chi connectivity index (χ2v) is 3.57. The van der Waals surface area contributed by atoms with Gasteiger partial charge in [-0.25, -0.2) is 0 Å². The molecule has 0 spiro atoms. The Balaban J connectivity index is 2.64. The molecule has 6 nitrogen and oxygen atoms in total. The minimum atomic E-state index is -0.594. The van der Waals surface area contributed by atoms with E-state index in [2.05, 4.69) is 0 Å². The summed E-state index contributed by atoms with van der Waals surface area (Å²) in [6.45, 7) is 9.58. The fourth-order valence-electron chi connectivity index (χ4n) is 1.65. The zero-order chi connectivity index (χ0) is 13.4. The molecule has 4 unspecified atom stereocenters. The van der Waals surface area contributed by atoms with Crippen molar-refractivity contribution in [3.8, 4) is 0 Å². The lowest BCUT2D eigenvalue weighted by Crippen LogP contribution is -2.53. The summed E-state index contributed by atoms with van der Waals surface area (Å²) >= 11 is 0. The second kappa shape index (κ2) is 8.79. The molecular formula is C12H24O6. The Kier molecular flexibility index (Phi) is 7.73. The van der Waals surface area contributed by atoms with E-state index in [0.717, 1.165) is 0 Å². The van der Waals surface area contributed by atoms with Crippen LogP contribution < -0.4 is 0 Å². The lowest BCUT2D eigenvalue weighted by atomic mass is 10.4. The van der Waals surface area contributed by atoms with E-state index in [4.69, 9.17) is 28.4 Å². The van der Waals surface area contributed by atoms with Crippen LogP contribution in [0.4, 0.5) is 0 Å². The zero-order valence-electron chi connectivity index (χ0n) is 11.6. The fourth-order valence-corrected chi connectivity index (χ4v) is 1.65. The Hall–Kier alpha value is -0.240. The Morgan fingerprint density at radius 3 is 0.944 bits per heavy atom. The standard InChI is InChI=1S/C12H24O6/c1-5-13-9-10(14-6-2)18-12(16-8-4)11(17-9)15-7-3/h9-12H,5-8H2,1-4H3. The fraction of sp³-hybridized carbons (Fsp3) is 1.00. The van der Waals surface area contributed by atoms with E-state index in [-0.39, 0.29) is 0 Å². The van der Waals surface area contributed by atoms with E-state index in [0.29, 0.717) is 26.4 Å². The molecule has 18 heavy (non-hydrogen) atoms. The van der Waals surface area contributed by atoms with Gasteiger partial charge in [0.15, 0.2) is 0 Å². The minimum Gasteiger partial charge on any atom is -0.348 e. The van der Waals surface area contributed by atoms with Crippen molar-refractivity contribution in [1.29, 1.82) is 0 Å². The monoisotopic (exact) mass is 264 g/mol. The van der Waals surface area contributed by atoms with Gasteiger partial charge in [-0.2, -0.15) is 0 Å². The molecule has 0 aromatic carbocycles. The number of rotatable bonds is 8. The molecule has 0 aliphatic carbocycles. The Bertz CT molecular complexity index is 171. The first-order valence-electron chi connectivity index (χ1n) is 6.54. The van der Waals surface area contributed by atoms with Gasteiger partial charge in [0.2, 0.25) is 25.2 Å². The van der Waals surface area contributed by atoms with E-state index in [1.54, 1.807) is 0 Å². The quantitative estimate of drug-likeness (QED) is 0.662. The van der Waals surface area contributed by atoms with Crippen LogP contribution in [0, 0.1) is 0 Å². The minimum absolute atomic E-state index is 0.510. The molecule has 1 aliphatic heterocycles. The van der Waals surface area contributed by atoms with Gasteiger partial charge in [-0.15, -0.1) is 0 Å². The van der Waals surface area contributed by atoms with Crippen LogP contribution in [0.2, 0.25) is 0 Å². The van der Waals surface area contributed by atoms with Crippen LogP contribution in [0.1, 0.15) is 27.7 Å². The Morgan fingerprint density at radius 2 is 0.778 bits per heavy atom. The van der Waals surface area contributed by atoms with Crippen molar-refractivity contribution in [2.75, 3.05) is 26.4 Å². The third-order valence-corrected chi connectivity index (χ3v) is 2.30. The highest BCUT2D eigenvalue weighted by Crippen LogP contribution is 2.24. The highest BCUT2D eigenvalue weighted by Gasteiger charge is 2.41.